The molecule has 1 aromatic heterocycles. The zero-order valence-corrected chi connectivity index (χ0v) is 13.8. The zero-order valence-electron chi connectivity index (χ0n) is 13.8. The molecular formula is C16H28N4O2. The maximum absolute atomic E-state index is 5.81. The predicted molar refractivity (Wildman–Crippen MR) is 84.8 cm³/mol. The number of likely N-dealkylation sites (tertiary alicyclic amines) is 1. The van der Waals surface area contributed by atoms with E-state index in [9.17, 15) is 0 Å². The summed E-state index contributed by atoms with van der Waals surface area (Å²) in [6, 6.07) is 0. The molecule has 22 heavy (non-hydrogen) atoms. The molecule has 2 saturated heterocycles. The molecular weight excluding hydrogens is 280 g/mol. The summed E-state index contributed by atoms with van der Waals surface area (Å²) >= 11 is 0. The van der Waals surface area contributed by atoms with Gasteiger partial charge >= 0.3 is 0 Å². The number of rotatable bonds is 5. The molecule has 0 unspecified atom stereocenters. The monoisotopic (exact) mass is 308 g/mol. The number of H-pyrrole nitrogens is 1. The van der Waals surface area contributed by atoms with Gasteiger partial charge in [0.15, 0.2) is 0 Å². The van der Waals surface area contributed by atoms with Gasteiger partial charge in [0.05, 0.1) is 31.8 Å². The van der Waals surface area contributed by atoms with E-state index in [4.69, 9.17) is 9.47 Å². The average Bonchev–Trinajstić information content (AvgIpc) is 2.94. The quantitative estimate of drug-likeness (QED) is 0.880. The molecule has 1 aromatic rings. The molecule has 3 rings (SSSR count). The number of aromatic nitrogens is 2. The van der Waals surface area contributed by atoms with Gasteiger partial charge < -0.3 is 14.5 Å². The highest BCUT2D eigenvalue weighted by atomic mass is 16.5. The van der Waals surface area contributed by atoms with Crippen LogP contribution in [0.4, 0.5) is 0 Å². The van der Waals surface area contributed by atoms with Crippen LogP contribution in [0.5, 0.6) is 0 Å². The third kappa shape index (κ3) is 3.35. The second-order valence-corrected chi connectivity index (χ2v) is 6.51. The van der Waals surface area contributed by atoms with E-state index in [0.29, 0.717) is 0 Å². The molecule has 1 spiro atoms. The van der Waals surface area contributed by atoms with Crippen LogP contribution in [0.1, 0.15) is 24.2 Å². The van der Waals surface area contributed by atoms with E-state index in [0.717, 1.165) is 52.5 Å². The topological polar surface area (TPSA) is 53.6 Å². The Kier molecular flexibility index (Phi) is 5.13. The number of methoxy groups -OCH3 is 1. The van der Waals surface area contributed by atoms with E-state index >= 15 is 0 Å². The summed E-state index contributed by atoms with van der Waals surface area (Å²) in [6.07, 6.45) is 4.12. The van der Waals surface area contributed by atoms with E-state index in [1.165, 1.54) is 24.2 Å². The minimum atomic E-state index is 0.216. The number of hydrogen-bond donors (Lipinski definition) is 1. The lowest BCUT2D eigenvalue weighted by Gasteiger charge is -2.51. The van der Waals surface area contributed by atoms with Gasteiger partial charge in [-0.05, 0) is 19.8 Å². The second kappa shape index (κ2) is 7.08. The summed E-state index contributed by atoms with van der Waals surface area (Å²) in [6.45, 7) is 9.82. The fraction of sp³-hybridized carbons (Fsp3) is 0.812. The molecule has 0 amide bonds. The van der Waals surface area contributed by atoms with Crippen LogP contribution in [-0.2, 0) is 16.0 Å². The van der Waals surface area contributed by atoms with Gasteiger partial charge in [-0.2, -0.15) is 0 Å². The summed E-state index contributed by atoms with van der Waals surface area (Å²) in [5.74, 6) is 0. The van der Waals surface area contributed by atoms with Crippen LogP contribution in [0.25, 0.3) is 0 Å². The van der Waals surface area contributed by atoms with Gasteiger partial charge in [-0.25, -0.2) is 4.98 Å². The predicted octanol–water partition coefficient (Wildman–Crippen LogP) is 1.03. The molecule has 0 radical (unpaired) electrons. The van der Waals surface area contributed by atoms with Crippen molar-refractivity contribution in [3.63, 3.8) is 0 Å². The van der Waals surface area contributed by atoms with Crippen molar-refractivity contribution in [1.82, 2.24) is 19.8 Å². The van der Waals surface area contributed by atoms with E-state index < -0.39 is 0 Å². The van der Waals surface area contributed by atoms with E-state index in [2.05, 4.69) is 26.7 Å². The molecule has 0 saturated carbocycles. The fourth-order valence-corrected chi connectivity index (χ4v) is 3.66. The first-order chi connectivity index (χ1) is 10.7. The van der Waals surface area contributed by atoms with Crippen LogP contribution in [-0.4, -0.2) is 78.4 Å². The molecule has 1 N–H and O–H groups in total. The molecule has 2 fully saturated rings. The molecule has 3 heterocycles. The van der Waals surface area contributed by atoms with Gasteiger partial charge in [0, 0.05) is 51.1 Å². The Morgan fingerprint density at radius 3 is 2.86 bits per heavy atom. The molecule has 0 bridgehead atoms. The van der Waals surface area contributed by atoms with Crippen LogP contribution in [0.2, 0.25) is 0 Å². The first kappa shape index (κ1) is 15.9. The number of ether oxygens (including phenoxy) is 2. The van der Waals surface area contributed by atoms with Crippen molar-refractivity contribution in [2.45, 2.75) is 31.8 Å². The Balaban J connectivity index is 1.58. The van der Waals surface area contributed by atoms with E-state index in [1.54, 1.807) is 13.4 Å². The van der Waals surface area contributed by atoms with E-state index in [1.807, 2.05) is 0 Å². The number of nitrogens with zero attached hydrogens (tertiary/aromatic N) is 3. The molecule has 6 nitrogen and oxygen atoms in total. The van der Waals surface area contributed by atoms with Crippen LogP contribution < -0.4 is 0 Å². The van der Waals surface area contributed by atoms with Crippen LogP contribution >= 0.6 is 0 Å². The maximum Gasteiger partial charge on any atom is 0.0925 e. The second-order valence-electron chi connectivity index (χ2n) is 6.51. The number of imidazole rings is 1. The number of aryl methyl sites for hydroxylation is 1. The highest BCUT2D eigenvalue weighted by Gasteiger charge is 2.41. The Bertz CT molecular complexity index is 468. The van der Waals surface area contributed by atoms with Gasteiger partial charge in [0.2, 0.25) is 0 Å². The summed E-state index contributed by atoms with van der Waals surface area (Å²) in [5, 5.41) is 0. The lowest BCUT2D eigenvalue weighted by molar-refractivity contribution is -0.101. The normalized spacial score (nSPS) is 23.2. The van der Waals surface area contributed by atoms with Gasteiger partial charge in [0.1, 0.15) is 0 Å². The van der Waals surface area contributed by atoms with Crippen molar-refractivity contribution >= 4 is 0 Å². The maximum atomic E-state index is 5.81. The van der Waals surface area contributed by atoms with E-state index in [-0.39, 0.29) is 5.54 Å². The highest BCUT2D eigenvalue weighted by molar-refractivity contribution is 5.09. The first-order valence-corrected chi connectivity index (χ1v) is 8.26. The molecule has 2 aliphatic rings. The zero-order chi connectivity index (χ0) is 15.4. The number of aromatic amines is 1. The minimum Gasteiger partial charge on any atom is -0.383 e. The molecule has 0 aliphatic carbocycles. The fourth-order valence-electron chi connectivity index (χ4n) is 3.66. The highest BCUT2D eigenvalue weighted by Crippen LogP contribution is 2.32. The minimum absolute atomic E-state index is 0.216. The Morgan fingerprint density at radius 2 is 2.18 bits per heavy atom. The van der Waals surface area contributed by atoms with Crippen molar-refractivity contribution < 1.29 is 9.47 Å². The Morgan fingerprint density at radius 1 is 1.36 bits per heavy atom. The standard InChI is InChI=1S/C16H28N4O2/c1-14-15(18-13-17-14)11-19-5-3-16(4-6-19)12-22-10-8-20(16)7-9-21-2/h13H,3-12H2,1-2H3,(H,17,18). The number of morpholine rings is 1. The Labute approximate surface area is 132 Å². The van der Waals surface area contributed by atoms with Crippen LogP contribution in [0.15, 0.2) is 6.33 Å². The number of nitrogens with one attached hydrogen (secondary N) is 1. The van der Waals surface area contributed by atoms with Gasteiger partial charge in [-0.1, -0.05) is 0 Å². The number of piperidine rings is 1. The largest absolute Gasteiger partial charge is 0.383 e. The molecule has 2 aliphatic heterocycles. The van der Waals surface area contributed by atoms with Crippen molar-refractivity contribution in [1.29, 1.82) is 0 Å². The van der Waals surface area contributed by atoms with Crippen molar-refractivity contribution in [3.05, 3.63) is 17.7 Å². The first-order valence-electron chi connectivity index (χ1n) is 8.26. The van der Waals surface area contributed by atoms with Crippen LogP contribution in [0, 0.1) is 6.92 Å². The molecule has 124 valence electrons. The Hall–Kier alpha value is -0.950. The smallest absolute Gasteiger partial charge is 0.0925 e. The SMILES string of the molecule is COCCN1CCOCC12CCN(Cc1nc[nH]c1C)CC2. The molecule has 6 heteroatoms. The lowest BCUT2D eigenvalue weighted by Crippen LogP contribution is -2.61. The summed E-state index contributed by atoms with van der Waals surface area (Å²) in [7, 11) is 1.78. The summed E-state index contributed by atoms with van der Waals surface area (Å²) in [4.78, 5) is 12.7. The van der Waals surface area contributed by atoms with Gasteiger partial charge in [-0.3, -0.25) is 9.80 Å². The average molecular weight is 308 g/mol. The molecule has 0 aromatic carbocycles. The van der Waals surface area contributed by atoms with Crippen molar-refractivity contribution in [3.8, 4) is 0 Å². The third-order valence-electron chi connectivity index (χ3n) is 5.21. The lowest BCUT2D eigenvalue weighted by atomic mass is 9.85. The summed E-state index contributed by atoms with van der Waals surface area (Å²) in [5.41, 5.74) is 2.57. The summed E-state index contributed by atoms with van der Waals surface area (Å²) < 4.78 is 11.1. The van der Waals surface area contributed by atoms with Gasteiger partial charge in [0.25, 0.3) is 0 Å². The van der Waals surface area contributed by atoms with Crippen LogP contribution in [0.3, 0.4) is 0 Å². The molecule has 0 atom stereocenters. The third-order valence-corrected chi connectivity index (χ3v) is 5.21. The van der Waals surface area contributed by atoms with Crippen molar-refractivity contribution in [2.24, 2.45) is 0 Å². The number of hydrogen-bond acceptors (Lipinski definition) is 5. The van der Waals surface area contributed by atoms with Crippen molar-refractivity contribution in [2.75, 3.05) is 53.1 Å². The van der Waals surface area contributed by atoms with Gasteiger partial charge in [-0.15, -0.1) is 0 Å².